The van der Waals surface area contributed by atoms with Gasteiger partial charge in [-0.1, -0.05) is 41.4 Å². The van der Waals surface area contributed by atoms with Crippen LogP contribution in [-0.4, -0.2) is 35.1 Å². The van der Waals surface area contributed by atoms with Gasteiger partial charge in [0.2, 0.25) is 5.91 Å². The minimum absolute atomic E-state index is 0.0642. The molecule has 0 saturated heterocycles. The van der Waals surface area contributed by atoms with Crippen LogP contribution in [0, 0.1) is 6.92 Å². The summed E-state index contributed by atoms with van der Waals surface area (Å²) in [5.74, 6) is 0.235. The molecular weight excluding hydrogens is 452 g/mol. The highest BCUT2D eigenvalue weighted by Crippen LogP contribution is 2.32. The third-order valence-electron chi connectivity index (χ3n) is 4.69. The second kappa shape index (κ2) is 9.93. The van der Waals surface area contributed by atoms with Crippen molar-refractivity contribution < 1.29 is 22.7 Å². The lowest BCUT2D eigenvalue weighted by atomic mass is 10.2. The first-order chi connectivity index (χ1) is 15.3. The zero-order valence-electron chi connectivity index (χ0n) is 17.8. The number of hydrogen-bond acceptors (Lipinski definition) is 5. The number of benzene rings is 3. The second-order valence-corrected chi connectivity index (χ2v) is 9.16. The van der Waals surface area contributed by atoms with E-state index in [4.69, 9.17) is 21.1 Å². The minimum atomic E-state index is -4.06. The molecule has 3 aromatic carbocycles. The molecule has 3 rings (SSSR count). The number of para-hydroxylation sites is 2. The lowest BCUT2D eigenvalue weighted by Gasteiger charge is -2.25. The molecular formula is C23H23ClN2O5S. The summed E-state index contributed by atoms with van der Waals surface area (Å²) in [5, 5.41) is 3.00. The number of carbonyl (C=O) groups is 1. The highest BCUT2D eigenvalue weighted by Gasteiger charge is 2.29. The van der Waals surface area contributed by atoms with Gasteiger partial charge < -0.3 is 14.8 Å². The van der Waals surface area contributed by atoms with Crippen molar-refractivity contribution >= 4 is 38.9 Å². The molecule has 0 fully saturated rings. The fraction of sp³-hybridized carbons (Fsp3) is 0.174. The molecule has 0 bridgehead atoms. The summed E-state index contributed by atoms with van der Waals surface area (Å²) in [7, 11) is -1.14. The monoisotopic (exact) mass is 474 g/mol. The molecule has 1 N–H and O–H groups in total. The number of nitrogens with one attached hydrogen (secondary N) is 1. The van der Waals surface area contributed by atoms with Crippen molar-refractivity contribution in [2.45, 2.75) is 11.8 Å². The van der Waals surface area contributed by atoms with Crippen LogP contribution in [0.2, 0.25) is 5.02 Å². The van der Waals surface area contributed by atoms with Gasteiger partial charge in [0.15, 0.2) is 0 Å². The average molecular weight is 475 g/mol. The predicted octanol–water partition coefficient (Wildman–Crippen LogP) is 4.50. The molecule has 9 heteroatoms. The van der Waals surface area contributed by atoms with Gasteiger partial charge in [0, 0.05) is 5.69 Å². The number of amides is 1. The van der Waals surface area contributed by atoms with Crippen LogP contribution in [-0.2, 0) is 14.8 Å². The van der Waals surface area contributed by atoms with Crippen molar-refractivity contribution in [1.82, 2.24) is 0 Å². The van der Waals surface area contributed by atoms with E-state index in [-0.39, 0.29) is 10.6 Å². The summed E-state index contributed by atoms with van der Waals surface area (Å²) in [4.78, 5) is 12.9. The zero-order valence-corrected chi connectivity index (χ0v) is 19.4. The quantitative estimate of drug-likeness (QED) is 0.519. The van der Waals surface area contributed by atoms with Crippen molar-refractivity contribution in [2.75, 3.05) is 30.4 Å². The SMILES string of the molecule is COc1ccc(NC(=O)CN(c2ccccc2OC)S(=O)(=O)c2ccc(C)cc2)cc1Cl. The normalized spacial score (nSPS) is 11.0. The van der Waals surface area contributed by atoms with E-state index in [0.717, 1.165) is 9.87 Å². The number of ether oxygens (including phenoxy) is 2. The number of hydrogen-bond donors (Lipinski definition) is 1. The Labute approximate surface area is 192 Å². The first kappa shape index (κ1) is 23.4. The van der Waals surface area contributed by atoms with Crippen LogP contribution in [0.15, 0.2) is 71.6 Å². The number of aryl methyl sites for hydroxylation is 1. The fourth-order valence-electron chi connectivity index (χ4n) is 3.05. The highest BCUT2D eigenvalue weighted by atomic mass is 35.5. The van der Waals surface area contributed by atoms with Crippen LogP contribution in [0.5, 0.6) is 11.5 Å². The van der Waals surface area contributed by atoms with Crippen molar-refractivity contribution in [3.05, 3.63) is 77.3 Å². The summed E-state index contributed by atoms with van der Waals surface area (Å²) in [6.07, 6.45) is 0. The lowest BCUT2D eigenvalue weighted by molar-refractivity contribution is -0.114. The van der Waals surface area contributed by atoms with Crippen LogP contribution < -0.4 is 19.1 Å². The molecule has 0 aliphatic heterocycles. The van der Waals surface area contributed by atoms with Gasteiger partial charge in [0.25, 0.3) is 10.0 Å². The first-order valence-corrected chi connectivity index (χ1v) is 11.4. The standard InChI is InChI=1S/C23H23ClN2O5S/c1-16-8-11-18(12-9-16)32(28,29)26(20-6-4-5-7-22(20)31-3)15-23(27)25-17-10-13-21(30-2)19(24)14-17/h4-14H,15H2,1-3H3,(H,25,27). The van der Waals surface area contributed by atoms with Gasteiger partial charge in [0.05, 0.1) is 29.8 Å². The van der Waals surface area contributed by atoms with Crippen LogP contribution >= 0.6 is 11.6 Å². The molecule has 32 heavy (non-hydrogen) atoms. The van der Waals surface area contributed by atoms with E-state index in [1.807, 2.05) is 6.92 Å². The van der Waals surface area contributed by atoms with Crippen molar-refractivity contribution in [3.63, 3.8) is 0 Å². The molecule has 0 aromatic heterocycles. The van der Waals surface area contributed by atoms with Crippen molar-refractivity contribution in [2.24, 2.45) is 0 Å². The summed E-state index contributed by atoms with van der Waals surface area (Å²) in [6.45, 7) is 1.39. The van der Waals surface area contributed by atoms with E-state index in [9.17, 15) is 13.2 Å². The fourth-order valence-corrected chi connectivity index (χ4v) is 4.74. The number of sulfonamides is 1. The Balaban J connectivity index is 1.96. The molecule has 0 saturated carbocycles. The minimum Gasteiger partial charge on any atom is -0.495 e. The Kier molecular flexibility index (Phi) is 7.27. The van der Waals surface area contributed by atoms with E-state index in [1.54, 1.807) is 48.5 Å². The molecule has 3 aromatic rings. The van der Waals surface area contributed by atoms with E-state index in [1.165, 1.54) is 32.4 Å². The largest absolute Gasteiger partial charge is 0.495 e. The smallest absolute Gasteiger partial charge is 0.264 e. The number of carbonyl (C=O) groups excluding carboxylic acids is 1. The molecule has 0 atom stereocenters. The molecule has 0 radical (unpaired) electrons. The zero-order chi connectivity index (χ0) is 23.3. The number of nitrogens with zero attached hydrogens (tertiary/aromatic N) is 1. The maximum atomic E-state index is 13.5. The first-order valence-electron chi connectivity index (χ1n) is 9.62. The molecule has 0 spiro atoms. The van der Waals surface area contributed by atoms with Crippen LogP contribution in [0.25, 0.3) is 0 Å². The maximum Gasteiger partial charge on any atom is 0.264 e. The van der Waals surface area contributed by atoms with Gasteiger partial charge in [-0.15, -0.1) is 0 Å². The van der Waals surface area contributed by atoms with E-state index in [2.05, 4.69) is 5.32 Å². The highest BCUT2D eigenvalue weighted by molar-refractivity contribution is 7.92. The molecule has 7 nitrogen and oxygen atoms in total. The Bertz CT molecular complexity index is 1210. The van der Waals surface area contributed by atoms with Gasteiger partial charge in [-0.25, -0.2) is 8.42 Å². The second-order valence-electron chi connectivity index (χ2n) is 6.89. The van der Waals surface area contributed by atoms with Gasteiger partial charge in [-0.05, 0) is 49.4 Å². The van der Waals surface area contributed by atoms with Gasteiger partial charge in [0.1, 0.15) is 18.0 Å². The third-order valence-corrected chi connectivity index (χ3v) is 6.75. The van der Waals surface area contributed by atoms with Gasteiger partial charge in [-0.3, -0.25) is 9.10 Å². The van der Waals surface area contributed by atoms with Crippen LogP contribution in [0.1, 0.15) is 5.56 Å². The summed E-state index contributed by atoms with van der Waals surface area (Å²) in [5.41, 5.74) is 1.58. The number of halogens is 1. The van der Waals surface area contributed by atoms with Crippen molar-refractivity contribution in [3.8, 4) is 11.5 Å². The Morgan fingerprint density at radius 2 is 1.62 bits per heavy atom. The van der Waals surface area contributed by atoms with Gasteiger partial charge in [-0.2, -0.15) is 0 Å². The van der Waals surface area contributed by atoms with E-state index >= 15 is 0 Å². The average Bonchev–Trinajstić information content (AvgIpc) is 2.78. The topological polar surface area (TPSA) is 84.9 Å². The number of methoxy groups -OCH3 is 2. The molecule has 0 aliphatic carbocycles. The van der Waals surface area contributed by atoms with Crippen LogP contribution in [0.4, 0.5) is 11.4 Å². The number of rotatable bonds is 8. The summed E-state index contributed by atoms with van der Waals surface area (Å²) in [6, 6.07) is 17.8. The molecule has 1 amide bonds. The Morgan fingerprint density at radius 3 is 2.25 bits per heavy atom. The Morgan fingerprint density at radius 1 is 0.969 bits per heavy atom. The molecule has 0 aliphatic rings. The van der Waals surface area contributed by atoms with E-state index < -0.39 is 22.5 Å². The molecule has 168 valence electrons. The van der Waals surface area contributed by atoms with Crippen molar-refractivity contribution in [1.29, 1.82) is 0 Å². The molecule has 0 unspecified atom stereocenters. The van der Waals surface area contributed by atoms with Crippen LogP contribution in [0.3, 0.4) is 0 Å². The lowest BCUT2D eigenvalue weighted by Crippen LogP contribution is -2.38. The Hall–Kier alpha value is -3.23. The number of anilines is 2. The molecule has 0 heterocycles. The summed E-state index contributed by atoms with van der Waals surface area (Å²) < 4.78 is 38.5. The third kappa shape index (κ3) is 5.15. The predicted molar refractivity (Wildman–Crippen MR) is 125 cm³/mol. The summed E-state index contributed by atoms with van der Waals surface area (Å²) >= 11 is 6.12. The van der Waals surface area contributed by atoms with Gasteiger partial charge >= 0.3 is 0 Å². The van der Waals surface area contributed by atoms with E-state index in [0.29, 0.717) is 22.2 Å². The maximum absolute atomic E-state index is 13.5.